The number of carboxylic acids is 1. The van der Waals surface area contributed by atoms with Gasteiger partial charge in [-0.3, -0.25) is 10.4 Å². The molecule has 0 saturated heterocycles. The Bertz CT molecular complexity index is 438. The summed E-state index contributed by atoms with van der Waals surface area (Å²) in [6.45, 7) is 0.348. The molecule has 0 spiro atoms. The van der Waals surface area contributed by atoms with Gasteiger partial charge in [0.1, 0.15) is 0 Å². The first-order valence-corrected chi connectivity index (χ1v) is 4.95. The fourth-order valence-corrected chi connectivity index (χ4v) is 1.45. The minimum Gasteiger partial charge on any atom is -0.478 e. The summed E-state index contributed by atoms with van der Waals surface area (Å²) in [5.41, 5.74) is 4.40. The maximum atomic E-state index is 10.8. The van der Waals surface area contributed by atoms with Crippen LogP contribution in [0.2, 0.25) is 0 Å². The van der Waals surface area contributed by atoms with Crippen LogP contribution in [0, 0.1) is 0 Å². The van der Waals surface area contributed by atoms with Gasteiger partial charge in [0.15, 0.2) is 0 Å². The Hall–Kier alpha value is -2.23. The quantitative estimate of drug-likeness (QED) is 0.809. The van der Waals surface area contributed by atoms with Gasteiger partial charge in [0, 0.05) is 6.20 Å². The molecule has 0 unspecified atom stereocenters. The molecule has 4 heteroatoms. The monoisotopic (exact) mass is 216 g/mol. The fourth-order valence-electron chi connectivity index (χ4n) is 1.45. The van der Waals surface area contributed by atoms with Gasteiger partial charge in [0.25, 0.3) is 0 Å². The maximum Gasteiger partial charge on any atom is 0.333 e. The third-order valence-electron chi connectivity index (χ3n) is 2.23. The number of hydrogen-bond acceptors (Lipinski definition) is 3. The average Bonchev–Trinajstić information content (AvgIpc) is 2.30. The van der Waals surface area contributed by atoms with Crippen LogP contribution in [-0.4, -0.2) is 22.6 Å². The summed E-state index contributed by atoms with van der Waals surface area (Å²) in [6, 6.07) is 9.62. The minimum atomic E-state index is -0.885. The Balaban J connectivity index is 2.02. The van der Waals surface area contributed by atoms with Crippen LogP contribution in [0.1, 0.15) is 0 Å². The van der Waals surface area contributed by atoms with Crippen LogP contribution in [0.5, 0.6) is 0 Å². The van der Waals surface area contributed by atoms with E-state index in [1.54, 1.807) is 23.4 Å². The summed E-state index contributed by atoms with van der Waals surface area (Å²) in [6.07, 6.45) is 5.12. The van der Waals surface area contributed by atoms with Crippen LogP contribution < -0.4 is 5.43 Å². The number of hydrazine groups is 1. The zero-order valence-electron chi connectivity index (χ0n) is 8.63. The van der Waals surface area contributed by atoms with Crippen LogP contribution in [0.25, 0.3) is 0 Å². The number of aliphatic carboxylic acids is 1. The fraction of sp³-hybridized carbons (Fsp3) is 0.0833. The predicted octanol–water partition coefficient (Wildman–Crippen LogP) is 1.85. The maximum absolute atomic E-state index is 10.8. The SMILES string of the molecule is O=C(O)C1=CC=CN(Nc2ccccc2)C1. The van der Waals surface area contributed by atoms with Gasteiger partial charge in [0.05, 0.1) is 17.8 Å². The molecule has 0 aliphatic carbocycles. The molecule has 1 aliphatic rings. The first-order chi connectivity index (χ1) is 7.75. The molecule has 1 aliphatic heterocycles. The van der Waals surface area contributed by atoms with E-state index >= 15 is 0 Å². The van der Waals surface area contributed by atoms with E-state index < -0.39 is 5.97 Å². The molecule has 0 aromatic heterocycles. The van der Waals surface area contributed by atoms with Crippen molar-refractivity contribution in [3.8, 4) is 0 Å². The number of hydrogen-bond donors (Lipinski definition) is 2. The highest BCUT2D eigenvalue weighted by molar-refractivity contribution is 5.87. The van der Waals surface area contributed by atoms with Crippen LogP contribution in [0.3, 0.4) is 0 Å². The van der Waals surface area contributed by atoms with Gasteiger partial charge < -0.3 is 5.11 Å². The number of rotatable bonds is 3. The molecule has 1 aromatic carbocycles. The zero-order chi connectivity index (χ0) is 11.4. The molecule has 82 valence electrons. The van der Waals surface area contributed by atoms with Gasteiger partial charge in [-0.2, -0.15) is 0 Å². The average molecular weight is 216 g/mol. The van der Waals surface area contributed by atoms with E-state index in [4.69, 9.17) is 5.11 Å². The van der Waals surface area contributed by atoms with Crippen molar-refractivity contribution in [3.63, 3.8) is 0 Å². The van der Waals surface area contributed by atoms with E-state index in [0.29, 0.717) is 12.1 Å². The highest BCUT2D eigenvalue weighted by atomic mass is 16.4. The normalized spacial score (nSPS) is 14.5. The number of anilines is 1. The molecule has 0 atom stereocenters. The third-order valence-corrected chi connectivity index (χ3v) is 2.23. The van der Waals surface area contributed by atoms with Crippen LogP contribution in [-0.2, 0) is 4.79 Å². The van der Waals surface area contributed by atoms with Crippen molar-refractivity contribution in [1.82, 2.24) is 5.01 Å². The van der Waals surface area contributed by atoms with E-state index in [1.165, 1.54) is 0 Å². The van der Waals surface area contributed by atoms with Crippen LogP contribution >= 0.6 is 0 Å². The minimum absolute atomic E-state index is 0.348. The van der Waals surface area contributed by atoms with Crippen molar-refractivity contribution in [2.75, 3.05) is 12.0 Å². The van der Waals surface area contributed by atoms with Gasteiger partial charge in [-0.05, 0) is 24.3 Å². The Labute approximate surface area is 93.5 Å². The van der Waals surface area contributed by atoms with E-state index in [0.717, 1.165) is 5.69 Å². The number of nitrogens with zero attached hydrogens (tertiary/aromatic N) is 1. The topological polar surface area (TPSA) is 52.6 Å². The predicted molar refractivity (Wildman–Crippen MR) is 61.6 cm³/mol. The van der Waals surface area contributed by atoms with Gasteiger partial charge in [-0.15, -0.1) is 0 Å². The van der Waals surface area contributed by atoms with Crippen molar-refractivity contribution in [3.05, 3.63) is 54.3 Å². The summed E-state index contributed by atoms with van der Waals surface area (Å²) in [7, 11) is 0. The van der Waals surface area contributed by atoms with Gasteiger partial charge in [0.2, 0.25) is 0 Å². The number of nitrogens with one attached hydrogen (secondary N) is 1. The van der Waals surface area contributed by atoms with E-state index in [9.17, 15) is 4.79 Å². The molecule has 2 N–H and O–H groups in total. The first kappa shape index (κ1) is 10.3. The highest BCUT2D eigenvalue weighted by Crippen LogP contribution is 2.11. The molecular formula is C12H12N2O2. The van der Waals surface area contributed by atoms with Crippen molar-refractivity contribution in [2.24, 2.45) is 0 Å². The molecule has 4 nitrogen and oxygen atoms in total. The number of carboxylic acid groups (broad SMARTS) is 1. The smallest absolute Gasteiger partial charge is 0.333 e. The second kappa shape index (κ2) is 4.53. The van der Waals surface area contributed by atoms with Crippen molar-refractivity contribution < 1.29 is 9.90 Å². The molecular weight excluding hydrogens is 204 g/mol. The lowest BCUT2D eigenvalue weighted by atomic mass is 10.2. The Morgan fingerprint density at radius 1 is 1.31 bits per heavy atom. The summed E-state index contributed by atoms with van der Waals surface area (Å²) in [5.74, 6) is -0.885. The lowest BCUT2D eigenvalue weighted by Crippen LogP contribution is -2.30. The molecule has 0 amide bonds. The number of para-hydroxylation sites is 1. The van der Waals surface area contributed by atoms with Gasteiger partial charge in [-0.25, -0.2) is 4.79 Å². The molecule has 0 radical (unpaired) electrons. The zero-order valence-corrected chi connectivity index (χ0v) is 8.63. The summed E-state index contributed by atoms with van der Waals surface area (Å²) >= 11 is 0. The Morgan fingerprint density at radius 2 is 2.06 bits per heavy atom. The third kappa shape index (κ3) is 2.42. The summed E-state index contributed by atoms with van der Waals surface area (Å²) in [5, 5.41) is 10.6. The number of allylic oxidation sites excluding steroid dienone is 2. The molecule has 1 aromatic rings. The second-order valence-electron chi connectivity index (χ2n) is 3.44. The Morgan fingerprint density at radius 3 is 2.75 bits per heavy atom. The first-order valence-electron chi connectivity index (χ1n) is 4.95. The number of benzene rings is 1. The highest BCUT2D eigenvalue weighted by Gasteiger charge is 2.12. The Kier molecular flexibility index (Phi) is 2.91. The molecule has 16 heavy (non-hydrogen) atoms. The second-order valence-corrected chi connectivity index (χ2v) is 3.44. The van der Waals surface area contributed by atoms with E-state index in [-0.39, 0.29) is 0 Å². The molecule has 0 saturated carbocycles. The van der Waals surface area contributed by atoms with Gasteiger partial charge in [-0.1, -0.05) is 18.2 Å². The van der Waals surface area contributed by atoms with E-state index in [1.807, 2.05) is 30.3 Å². The van der Waals surface area contributed by atoms with Crippen LogP contribution in [0.4, 0.5) is 5.69 Å². The van der Waals surface area contributed by atoms with E-state index in [2.05, 4.69) is 5.43 Å². The standard InChI is InChI=1S/C12H12N2O2/c15-12(16)10-5-4-8-14(9-10)13-11-6-2-1-3-7-11/h1-8,13H,9H2,(H,15,16). The van der Waals surface area contributed by atoms with Crippen LogP contribution in [0.15, 0.2) is 54.3 Å². The van der Waals surface area contributed by atoms with Gasteiger partial charge >= 0.3 is 5.97 Å². The summed E-state index contributed by atoms with van der Waals surface area (Å²) < 4.78 is 0. The summed E-state index contributed by atoms with van der Waals surface area (Å²) in [4.78, 5) is 10.8. The molecule has 0 bridgehead atoms. The number of carbonyl (C=O) groups is 1. The lowest BCUT2D eigenvalue weighted by Gasteiger charge is -2.24. The van der Waals surface area contributed by atoms with Crippen molar-refractivity contribution >= 4 is 11.7 Å². The van der Waals surface area contributed by atoms with Crippen molar-refractivity contribution in [1.29, 1.82) is 0 Å². The molecule has 1 heterocycles. The molecule has 2 rings (SSSR count). The molecule has 0 fully saturated rings. The lowest BCUT2D eigenvalue weighted by molar-refractivity contribution is -0.132. The largest absolute Gasteiger partial charge is 0.478 e. The van der Waals surface area contributed by atoms with Crippen molar-refractivity contribution in [2.45, 2.75) is 0 Å².